The molecule has 3 aromatic rings. The van der Waals surface area contributed by atoms with Crippen molar-refractivity contribution in [2.75, 3.05) is 11.5 Å². The Morgan fingerprint density at radius 3 is 2.38 bits per heavy atom. The molecule has 174 valence electrons. The van der Waals surface area contributed by atoms with Crippen molar-refractivity contribution >= 4 is 46.7 Å². The fourth-order valence-electron chi connectivity index (χ4n) is 3.91. The van der Waals surface area contributed by atoms with E-state index in [0.29, 0.717) is 17.2 Å². The predicted molar refractivity (Wildman–Crippen MR) is 134 cm³/mol. The van der Waals surface area contributed by atoms with Crippen LogP contribution in [0.25, 0.3) is 0 Å². The number of aromatic nitrogens is 2. The average molecular weight is 511 g/mol. The van der Waals surface area contributed by atoms with Crippen LogP contribution < -0.4 is 5.73 Å². The van der Waals surface area contributed by atoms with Crippen molar-refractivity contribution in [3.63, 3.8) is 0 Å². The van der Waals surface area contributed by atoms with Crippen LogP contribution in [0.15, 0.2) is 76.3 Å². The summed E-state index contributed by atoms with van der Waals surface area (Å²) in [6.45, 7) is 1.90. The third kappa shape index (κ3) is 4.50. The summed E-state index contributed by atoms with van der Waals surface area (Å²) >= 11 is 4.58. The third-order valence-electron chi connectivity index (χ3n) is 5.59. The van der Waals surface area contributed by atoms with Gasteiger partial charge in [-0.25, -0.2) is 4.79 Å². The fraction of sp³-hybridized carbons (Fsp3) is 0.250. The maximum Gasteiger partial charge on any atom is 0.356 e. The van der Waals surface area contributed by atoms with Gasteiger partial charge in [0, 0.05) is 11.5 Å². The molecule has 3 heterocycles. The highest BCUT2D eigenvalue weighted by Gasteiger charge is 2.52. The summed E-state index contributed by atoms with van der Waals surface area (Å²) in [5, 5.41) is 8.84. The predicted octanol–water partition coefficient (Wildman–Crippen LogP) is 3.77. The van der Waals surface area contributed by atoms with E-state index in [0.717, 1.165) is 26.0 Å². The number of ether oxygens (including phenoxy) is 1. The molecule has 1 amide bonds. The minimum atomic E-state index is -0.605. The first-order chi connectivity index (χ1) is 16.5. The van der Waals surface area contributed by atoms with E-state index in [4.69, 9.17) is 10.5 Å². The Balaban J connectivity index is 1.47. The van der Waals surface area contributed by atoms with Gasteiger partial charge in [-0.3, -0.25) is 9.69 Å². The molecule has 2 atom stereocenters. The van der Waals surface area contributed by atoms with Gasteiger partial charge in [0.25, 0.3) is 0 Å². The van der Waals surface area contributed by atoms with Gasteiger partial charge < -0.3 is 10.5 Å². The maximum atomic E-state index is 13.7. The van der Waals surface area contributed by atoms with E-state index in [1.165, 1.54) is 28.0 Å². The Labute approximate surface area is 209 Å². The zero-order chi connectivity index (χ0) is 23.7. The van der Waals surface area contributed by atoms with Gasteiger partial charge in [0.1, 0.15) is 22.1 Å². The van der Waals surface area contributed by atoms with Crippen molar-refractivity contribution in [2.45, 2.75) is 28.8 Å². The first-order valence-electron chi connectivity index (χ1n) is 10.7. The highest BCUT2D eigenvalue weighted by molar-refractivity contribution is 8.01. The molecule has 10 heteroatoms. The maximum absolute atomic E-state index is 13.7. The number of hydrogen-bond donors (Lipinski definition) is 1. The first-order valence-corrected chi connectivity index (χ1v) is 13.5. The molecule has 2 N–H and O–H groups in total. The smallest absolute Gasteiger partial charge is 0.356 e. The molecular weight excluding hydrogens is 488 g/mol. The van der Waals surface area contributed by atoms with Crippen LogP contribution in [0.5, 0.6) is 0 Å². The summed E-state index contributed by atoms with van der Waals surface area (Å²) in [7, 11) is 0. The van der Waals surface area contributed by atoms with E-state index >= 15 is 0 Å². The van der Waals surface area contributed by atoms with Crippen molar-refractivity contribution in [1.82, 2.24) is 15.1 Å². The van der Waals surface area contributed by atoms with Gasteiger partial charge in [-0.2, -0.15) is 0 Å². The minimum Gasteiger partial charge on any atom is -0.448 e. The van der Waals surface area contributed by atoms with Gasteiger partial charge in [-0.15, -0.1) is 22.0 Å². The third-order valence-corrected chi connectivity index (χ3v) is 9.01. The second-order valence-corrected chi connectivity index (χ2v) is 11.4. The zero-order valence-corrected chi connectivity index (χ0v) is 20.7. The van der Waals surface area contributed by atoms with Crippen LogP contribution in [0.2, 0.25) is 0 Å². The van der Waals surface area contributed by atoms with Crippen LogP contribution in [-0.2, 0) is 14.3 Å². The van der Waals surface area contributed by atoms with E-state index in [-0.39, 0.29) is 11.3 Å². The molecule has 2 aliphatic heterocycles. The Morgan fingerprint density at radius 2 is 1.79 bits per heavy atom. The number of nitrogens with two attached hydrogens (primary N) is 1. The molecule has 2 aromatic carbocycles. The lowest BCUT2D eigenvalue weighted by molar-refractivity contribution is -0.153. The van der Waals surface area contributed by atoms with Gasteiger partial charge in [0.05, 0.1) is 0 Å². The summed E-state index contributed by atoms with van der Waals surface area (Å²) in [6, 6.07) is 18.6. The Hall–Kier alpha value is -2.66. The zero-order valence-electron chi connectivity index (χ0n) is 18.3. The van der Waals surface area contributed by atoms with Crippen molar-refractivity contribution < 1.29 is 14.3 Å². The van der Waals surface area contributed by atoms with Gasteiger partial charge in [0.2, 0.25) is 5.91 Å². The number of benzene rings is 2. The molecule has 0 unspecified atom stereocenters. The molecule has 0 bridgehead atoms. The molecule has 7 nitrogen and oxygen atoms in total. The number of carbonyl (C=O) groups excluding carboxylic acids is 2. The number of fused-ring (bicyclic) bond motifs is 1. The van der Waals surface area contributed by atoms with Gasteiger partial charge in [-0.1, -0.05) is 83.8 Å². The molecule has 5 rings (SSSR count). The lowest BCUT2D eigenvalue weighted by Crippen LogP contribution is -2.68. The molecule has 1 aromatic heterocycles. The molecule has 0 radical (unpaired) electrons. The van der Waals surface area contributed by atoms with Gasteiger partial charge in [0.15, 0.2) is 10.4 Å². The van der Waals surface area contributed by atoms with E-state index in [1.54, 1.807) is 11.8 Å². The highest BCUT2D eigenvalue weighted by Crippen LogP contribution is 2.42. The van der Waals surface area contributed by atoms with Crippen LogP contribution in [-0.4, -0.2) is 49.9 Å². The summed E-state index contributed by atoms with van der Waals surface area (Å²) in [6.07, 6.45) is -0.597. The number of rotatable bonds is 7. The van der Waals surface area contributed by atoms with Gasteiger partial charge >= 0.3 is 5.97 Å². The Morgan fingerprint density at radius 1 is 1.15 bits per heavy atom. The summed E-state index contributed by atoms with van der Waals surface area (Å²) in [4.78, 5) is 27.9. The molecule has 1 saturated heterocycles. The van der Waals surface area contributed by atoms with Crippen molar-refractivity contribution in [1.29, 1.82) is 0 Å². The monoisotopic (exact) mass is 510 g/mol. The second kappa shape index (κ2) is 9.91. The Bertz CT molecular complexity index is 1190. The van der Waals surface area contributed by atoms with E-state index < -0.39 is 18.1 Å². The molecule has 0 spiro atoms. The number of esters is 1. The number of β-lactam (4-membered cyclic amide) rings is 1. The lowest BCUT2D eigenvalue weighted by Gasteiger charge is -2.48. The average Bonchev–Trinajstić information content (AvgIpc) is 3.30. The van der Waals surface area contributed by atoms with Crippen LogP contribution in [0.4, 0.5) is 0 Å². The van der Waals surface area contributed by atoms with Crippen molar-refractivity contribution in [3.05, 3.63) is 88.1 Å². The van der Waals surface area contributed by atoms with Crippen LogP contribution in [0.3, 0.4) is 0 Å². The highest BCUT2D eigenvalue weighted by atomic mass is 32.2. The molecule has 1 fully saturated rings. The molecule has 2 aliphatic rings. The van der Waals surface area contributed by atoms with Crippen LogP contribution >= 0.6 is 34.9 Å². The number of thioether (sulfide) groups is 2. The SMILES string of the molecule is Cc1nnc(SCC2=C(C(=O)OC(c3ccccc3)c3ccccc3)N3C(=O)[C@@H](N)[C@@H]3SC2)s1. The molecular formula is C24H22N4O3S3. The number of carbonyl (C=O) groups is 2. The number of aryl methyl sites for hydroxylation is 1. The second-order valence-electron chi connectivity index (χ2n) is 7.87. The Kier molecular flexibility index (Phi) is 6.73. The number of hydrogen-bond acceptors (Lipinski definition) is 9. The first kappa shape index (κ1) is 23.1. The van der Waals surface area contributed by atoms with Crippen molar-refractivity contribution in [3.8, 4) is 0 Å². The quantitative estimate of drug-likeness (QED) is 0.291. The normalized spacial score (nSPS) is 19.7. The van der Waals surface area contributed by atoms with E-state index in [9.17, 15) is 9.59 Å². The summed E-state index contributed by atoms with van der Waals surface area (Å²) < 4.78 is 6.93. The standard InChI is InChI=1S/C24H22N4O3S3/c1-14-26-27-24(34-14)33-13-17-12-32-22-18(25)21(29)28(22)19(17)23(30)31-20(15-8-4-2-5-9-15)16-10-6-3-7-11-16/h2-11,18,20,22H,12-13,25H2,1H3/t18-,22+/m1/s1. The lowest BCUT2D eigenvalue weighted by atomic mass is 10.0. The van der Waals surface area contributed by atoms with Crippen molar-refractivity contribution in [2.24, 2.45) is 5.73 Å². The topological polar surface area (TPSA) is 98.4 Å². The van der Waals surface area contributed by atoms with E-state index in [1.807, 2.05) is 67.6 Å². The number of nitrogens with zero attached hydrogens (tertiary/aromatic N) is 3. The molecule has 34 heavy (non-hydrogen) atoms. The van der Waals surface area contributed by atoms with Gasteiger partial charge in [-0.05, 0) is 23.6 Å². The summed E-state index contributed by atoms with van der Waals surface area (Å²) in [5.41, 5.74) is 8.89. The molecule has 0 saturated carbocycles. The minimum absolute atomic E-state index is 0.250. The van der Waals surface area contributed by atoms with Crippen LogP contribution in [0, 0.1) is 6.92 Å². The van der Waals surface area contributed by atoms with E-state index in [2.05, 4.69) is 10.2 Å². The number of amides is 1. The fourth-order valence-corrected chi connectivity index (χ4v) is 7.16. The largest absolute Gasteiger partial charge is 0.448 e. The summed E-state index contributed by atoms with van der Waals surface area (Å²) in [5.74, 6) is 0.333. The molecule has 0 aliphatic carbocycles. The van der Waals surface area contributed by atoms with Crippen LogP contribution in [0.1, 0.15) is 22.2 Å².